The number of aromatic nitrogens is 2. The van der Waals surface area contributed by atoms with E-state index in [1.165, 1.54) is 19.1 Å². The number of alkyl halides is 3. The summed E-state index contributed by atoms with van der Waals surface area (Å²) in [5.74, 6) is -3.23. The minimum absolute atomic E-state index is 0.0231. The van der Waals surface area contributed by atoms with Crippen molar-refractivity contribution in [2.24, 2.45) is 17.8 Å². The van der Waals surface area contributed by atoms with E-state index in [1.54, 1.807) is 22.3 Å². The van der Waals surface area contributed by atoms with Gasteiger partial charge in [-0.1, -0.05) is 6.07 Å². The molecule has 5 rings (SSSR count). The van der Waals surface area contributed by atoms with Crippen molar-refractivity contribution in [3.05, 3.63) is 47.5 Å². The Bertz CT molecular complexity index is 1290. The number of halogens is 4. The van der Waals surface area contributed by atoms with E-state index in [2.05, 4.69) is 21.0 Å². The lowest BCUT2D eigenvalue weighted by atomic mass is 9.88. The van der Waals surface area contributed by atoms with E-state index in [-0.39, 0.29) is 23.2 Å². The van der Waals surface area contributed by atoms with Gasteiger partial charge in [0.2, 0.25) is 11.8 Å². The molecule has 9 nitrogen and oxygen atoms in total. The highest BCUT2D eigenvalue weighted by molar-refractivity contribution is 6.01. The first kappa shape index (κ1) is 30.0. The van der Waals surface area contributed by atoms with Gasteiger partial charge in [-0.3, -0.25) is 19.1 Å². The first-order chi connectivity index (χ1) is 20.0. The Morgan fingerprint density at radius 3 is 2.38 bits per heavy atom. The fourth-order valence-electron chi connectivity index (χ4n) is 5.87. The van der Waals surface area contributed by atoms with Crippen LogP contribution in [0.5, 0.6) is 0 Å². The molecule has 3 amide bonds. The maximum Gasteiger partial charge on any atom is 0.405 e. The Morgan fingerprint density at radius 2 is 1.79 bits per heavy atom. The highest BCUT2D eigenvalue weighted by Gasteiger charge is 2.48. The van der Waals surface area contributed by atoms with Crippen LogP contribution in [0, 0.1) is 23.6 Å². The molecule has 13 heteroatoms. The summed E-state index contributed by atoms with van der Waals surface area (Å²) in [7, 11) is 0. The summed E-state index contributed by atoms with van der Waals surface area (Å²) in [5, 5.41) is 15.1. The molecule has 2 saturated carbocycles. The number of carbonyl (C=O) groups excluding carboxylic acids is 3. The van der Waals surface area contributed by atoms with Gasteiger partial charge in [0.05, 0.1) is 17.6 Å². The summed E-state index contributed by atoms with van der Waals surface area (Å²) in [5.41, 5.74) is 0.379. The maximum absolute atomic E-state index is 15.1. The molecule has 0 radical (unpaired) electrons. The number of amides is 3. The molecule has 1 saturated heterocycles. The van der Waals surface area contributed by atoms with E-state index in [1.807, 2.05) is 0 Å². The summed E-state index contributed by atoms with van der Waals surface area (Å²) in [6.45, 7) is 1.49. The van der Waals surface area contributed by atoms with Crippen molar-refractivity contribution < 1.29 is 31.9 Å². The van der Waals surface area contributed by atoms with Crippen LogP contribution in [0.2, 0.25) is 0 Å². The summed E-state index contributed by atoms with van der Waals surface area (Å²) >= 11 is 0. The van der Waals surface area contributed by atoms with Crippen LogP contribution in [-0.4, -0.2) is 59.4 Å². The third-order valence-electron chi connectivity index (χ3n) is 8.41. The topological polar surface area (TPSA) is 117 Å². The lowest BCUT2D eigenvalue weighted by molar-refractivity contribution is -0.139. The Kier molecular flexibility index (Phi) is 8.86. The third kappa shape index (κ3) is 7.29. The van der Waals surface area contributed by atoms with E-state index in [0.717, 1.165) is 51.1 Å². The van der Waals surface area contributed by atoms with Crippen molar-refractivity contribution >= 4 is 23.4 Å². The number of hydrogen-bond acceptors (Lipinski definition) is 5. The van der Waals surface area contributed by atoms with Gasteiger partial charge < -0.3 is 21.3 Å². The molecule has 228 valence electrons. The smallest absolute Gasteiger partial charge is 0.346 e. The van der Waals surface area contributed by atoms with Crippen LogP contribution in [0.15, 0.2) is 30.5 Å². The largest absolute Gasteiger partial charge is 0.405 e. The second kappa shape index (κ2) is 12.4. The van der Waals surface area contributed by atoms with E-state index in [9.17, 15) is 27.6 Å². The molecule has 2 aromatic rings. The lowest BCUT2D eigenvalue weighted by Gasteiger charge is -2.29. The summed E-state index contributed by atoms with van der Waals surface area (Å²) < 4.78 is 54.2. The molecular formula is C29H36F4N6O3. The van der Waals surface area contributed by atoms with E-state index in [4.69, 9.17) is 0 Å². The zero-order valence-electron chi connectivity index (χ0n) is 23.3. The molecule has 3 atom stereocenters. The fraction of sp³-hybridized carbons (Fsp3) is 0.586. The summed E-state index contributed by atoms with van der Waals surface area (Å²) in [4.78, 5) is 39.4. The number of benzene rings is 1. The second-order valence-corrected chi connectivity index (χ2v) is 11.6. The summed E-state index contributed by atoms with van der Waals surface area (Å²) in [6.07, 6.45) is 2.69. The van der Waals surface area contributed by atoms with Gasteiger partial charge in [0.15, 0.2) is 0 Å². The van der Waals surface area contributed by atoms with Gasteiger partial charge in [0.25, 0.3) is 5.91 Å². The maximum atomic E-state index is 15.1. The summed E-state index contributed by atoms with van der Waals surface area (Å²) in [6, 6.07) is 4.46. The quantitative estimate of drug-likeness (QED) is 0.296. The van der Waals surface area contributed by atoms with Crippen molar-refractivity contribution in [1.29, 1.82) is 0 Å². The molecular weight excluding hydrogens is 556 g/mol. The van der Waals surface area contributed by atoms with Crippen molar-refractivity contribution in [3.8, 4) is 0 Å². The van der Waals surface area contributed by atoms with Gasteiger partial charge in [-0.2, -0.15) is 18.3 Å². The van der Waals surface area contributed by atoms with E-state index < -0.39 is 48.2 Å². The number of anilines is 1. The second-order valence-electron chi connectivity index (χ2n) is 11.6. The molecule has 2 heterocycles. The van der Waals surface area contributed by atoms with Gasteiger partial charge >= 0.3 is 6.18 Å². The van der Waals surface area contributed by atoms with Gasteiger partial charge in [-0.05, 0) is 93.5 Å². The van der Waals surface area contributed by atoms with E-state index >= 15 is 4.39 Å². The zero-order valence-corrected chi connectivity index (χ0v) is 23.3. The molecule has 3 aliphatic rings. The standard InChI is InChI=1S/C29H36F4N6O3/c1-16(26(40)35-15-29(31,32)33)19-8-9-22(21(30)13-19)37-28(42)25(24(17-4-5-17)18-6-7-18)38-27(41)23-10-12-36-39(23)20-3-2-11-34-14-20/h8-10,12-13,16-18,20,24-25,34H,2-7,11,14-15H2,1H3,(H,35,40)(H,37,42)(H,38,41). The Hall–Kier alpha value is -3.48. The number of carbonyl (C=O) groups is 3. The Balaban J connectivity index is 1.31. The zero-order chi connectivity index (χ0) is 30.0. The molecule has 1 aromatic heterocycles. The van der Waals surface area contributed by atoms with Crippen molar-refractivity contribution in [3.63, 3.8) is 0 Å². The lowest BCUT2D eigenvalue weighted by Crippen LogP contribution is -2.50. The van der Waals surface area contributed by atoms with Crippen molar-refractivity contribution in [1.82, 2.24) is 25.7 Å². The van der Waals surface area contributed by atoms with Gasteiger partial charge in [-0.15, -0.1) is 0 Å². The molecule has 3 unspecified atom stereocenters. The fourth-order valence-corrected chi connectivity index (χ4v) is 5.87. The molecule has 4 N–H and O–H groups in total. The molecule has 42 heavy (non-hydrogen) atoms. The van der Waals surface area contributed by atoms with Crippen LogP contribution in [0.3, 0.4) is 0 Å². The molecule has 0 bridgehead atoms. The number of nitrogens with zero attached hydrogens (tertiary/aromatic N) is 2. The van der Waals surface area contributed by atoms with Crippen molar-refractivity contribution in [2.45, 2.75) is 69.6 Å². The van der Waals surface area contributed by atoms with E-state index in [0.29, 0.717) is 24.1 Å². The van der Waals surface area contributed by atoms with Crippen molar-refractivity contribution in [2.75, 3.05) is 25.0 Å². The first-order valence-corrected chi connectivity index (χ1v) is 14.5. The predicted octanol–water partition coefficient (Wildman–Crippen LogP) is 3.90. The van der Waals surface area contributed by atoms with Crippen LogP contribution in [-0.2, 0) is 9.59 Å². The average Bonchev–Trinajstić information content (AvgIpc) is 3.91. The van der Waals surface area contributed by atoms with Crippen LogP contribution in [0.1, 0.15) is 73.5 Å². The molecule has 2 aliphatic carbocycles. The number of piperidine rings is 1. The average molecular weight is 593 g/mol. The monoisotopic (exact) mass is 592 g/mol. The third-order valence-corrected chi connectivity index (χ3v) is 8.41. The number of nitrogens with one attached hydrogen (secondary N) is 4. The minimum atomic E-state index is -4.56. The molecule has 1 aliphatic heterocycles. The molecule has 3 fully saturated rings. The normalized spacial score (nSPS) is 20.6. The Labute approximate surface area is 241 Å². The van der Waals surface area contributed by atoms with Crippen LogP contribution >= 0.6 is 0 Å². The minimum Gasteiger partial charge on any atom is -0.346 e. The highest BCUT2D eigenvalue weighted by Crippen LogP contribution is 2.51. The van der Waals surface area contributed by atoms with Crippen LogP contribution < -0.4 is 21.3 Å². The SMILES string of the molecule is CC(C(=O)NCC(F)(F)F)c1ccc(NC(=O)C(NC(=O)c2ccnn2C2CCCNC2)C(C2CC2)C2CC2)c(F)c1. The number of hydrogen-bond donors (Lipinski definition) is 4. The highest BCUT2D eigenvalue weighted by atomic mass is 19.4. The van der Waals surface area contributed by atoms with Gasteiger partial charge in [-0.25, -0.2) is 4.39 Å². The number of rotatable bonds is 11. The van der Waals surface area contributed by atoms with Crippen LogP contribution in [0.4, 0.5) is 23.2 Å². The predicted molar refractivity (Wildman–Crippen MR) is 146 cm³/mol. The van der Waals surface area contributed by atoms with Gasteiger partial charge in [0.1, 0.15) is 24.1 Å². The Morgan fingerprint density at radius 1 is 1.07 bits per heavy atom. The van der Waals surface area contributed by atoms with Gasteiger partial charge in [0, 0.05) is 12.7 Å². The van der Waals surface area contributed by atoms with Crippen LogP contribution in [0.25, 0.3) is 0 Å². The molecule has 0 spiro atoms. The molecule has 1 aromatic carbocycles. The first-order valence-electron chi connectivity index (χ1n) is 14.5.